The summed E-state index contributed by atoms with van der Waals surface area (Å²) in [5.41, 5.74) is 3.92. The van der Waals surface area contributed by atoms with E-state index in [1.807, 2.05) is 28.8 Å². The minimum Gasteiger partial charge on any atom is -0.312 e. The summed E-state index contributed by atoms with van der Waals surface area (Å²) in [7, 11) is 0. The largest absolute Gasteiger partial charge is 0.312 e. The highest BCUT2D eigenvalue weighted by Gasteiger charge is 2.35. The number of rotatable bonds is 3. The van der Waals surface area contributed by atoms with Crippen molar-refractivity contribution in [1.82, 2.24) is 9.47 Å². The number of hydrogen-bond donors (Lipinski definition) is 0. The van der Waals surface area contributed by atoms with Crippen molar-refractivity contribution in [3.63, 3.8) is 0 Å². The first-order valence-corrected chi connectivity index (χ1v) is 10.4. The third-order valence-electron chi connectivity index (χ3n) is 6.60. The molecule has 4 heterocycles. The van der Waals surface area contributed by atoms with Gasteiger partial charge in [0.15, 0.2) is 5.78 Å². The minimum absolute atomic E-state index is 0.0436. The van der Waals surface area contributed by atoms with Crippen molar-refractivity contribution >= 4 is 17.4 Å². The van der Waals surface area contributed by atoms with Gasteiger partial charge in [-0.1, -0.05) is 6.07 Å². The van der Waals surface area contributed by atoms with Crippen LogP contribution in [-0.4, -0.2) is 47.3 Å². The molecule has 2 aromatic rings. The molecule has 6 heteroatoms. The van der Waals surface area contributed by atoms with Crippen LogP contribution in [0.5, 0.6) is 0 Å². The van der Waals surface area contributed by atoms with E-state index >= 15 is 0 Å². The smallest absolute Gasteiger partial charge is 0.250 e. The van der Waals surface area contributed by atoms with Crippen LogP contribution in [0.2, 0.25) is 0 Å². The molecule has 2 atom stereocenters. The number of benzene rings is 1. The Labute approximate surface area is 169 Å². The van der Waals surface area contributed by atoms with Gasteiger partial charge in [0.05, 0.1) is 6.54 Å². The van der Waals surface area contributed by atoms with Crippen LogP contribution in [-0.2, 0) is 17.8 Å². The number of amides is 1. The summed E-state index contributed by atoms with van der Waals surface area (Å²) in [6.07, 6.45) is 1.89. The van der Waals surface area contributed by atoms with E-state index in [4.69, 9.17) is 0 Å². The Hall–Kier alpha value is -2.73. The maximum atomic E-state index is 13.0. The minimum atomic E-state index is 0.0436. The highest BCUT2D eigenvalue weighted by Crippen LogP contribution is 2.35. The molecule has 29 heavy (non-hydrogen) atoms. The Balaban J connectivity index is 1.31. The number of carbonyl (C=O) groups is 2. The molecule has 0 radical (unpaired) electrons. The Morgan fingerprint density at radius 3 is 2.79 bits per heavy atom. The third kappa shape index (κ3) is 3.21. The molecule has 1 aromatic carbocycles. The average Bonchev–Trinajstić information content (AvgIpc) is 3.12. The van der Waals surface area contributed by atoms with Crippen molar-refractivity contribution in [2.24, 2.45) is 5.92 Å². The first-order valence-electron chi connectivity index (χ1n) is 10.4. The van der Waals surface area contributed by atoms with Gasteiger partial charge in [0, 0.05) is 62.0 Å². The summed E-state index contributed by atoms with van der Waals surface area (Å²) in [6, 6.07) is 11.2. The highest BCUT2D eigenvalue weighted by atomic mass is 16.2. The molecular weight excluding hydrogens is 366 g/mol. The number of fused-ring (bicyclic) bond motifs is 5. The molecule has 6 nitrogen and oxygen atoms in total. The zero-order valence-electron chi connectivity index (χ0n) is 16.6. The Bertz CT molecular complexity index is 1060. The zero-order chi connectivity index (χ0) is 20.1. The Morgan fingerprint density at radius 1 is 1.10 bits per heavy atom. The van der Waals surface area contributed by atoms with Gasteiger partial charge in [-0.3, -0.25) is 19.3 Å². The van der Waals surface area contributed by atoms with Crippen LogP contribution in [0.15, 0.2) is 41.2 Å². The van der Waals surface area contributed by atoms with Gasteiger partial charge in [0.1, 0.15) is 0 Å². The molecule has 1 aromatic heterocycles. The van der Waals surface area contributed by atoms with Crippen LogP contribution < -0.4 is 10.5 Å². The predicted octanol–water partition coefficient (Wildman–Crippen LogP) is 2.06. The lowest BCUT2D eigenvalue weighted by Gasteiger charge is -2.42. The quantitative estimate of drug-likeness (QED) is 0.752. The van der Waals surface area contributed by atoms with E-state index in [1.165, 1.54) is 0 Å². The van der Waals surface area contributed by atoms with Gasteiger partial charge in [-0.15, -0.1) is 0 Å². The highest BCUT2D eigenvalue weighted by molar-refractivity contribution is 6.00. The molecule has 0 spiro atoms. The summed E-state index contributed by atoms with van der Waals surface area (Å²) in [6.45, 7) is 5.08. The van der Waals surface area contributed by atoms with Gasteiger partial charge >= 0.3 is 0 Å². The summed E-state index contributed by atoms with van der Waals surface area (Å²) in [5.74, 6) is 0.896. The number of likely N-dealkylation sites (tertiary alicyclic amines) is 1. The molecular formula is C23H25N3O3. The molecule has 0 N–H and O–H groups in total. The molecule has 150 valence electrons. The van der Waals surface area contributed by atoms with Crippen molar-refractivity contribution in [1.29, 1.82) is 0 Å². The molecule has 2 bridgehead atoms. The van der Waals surface area contributed by atoms with Gasteiger partial charge in [-0.2, -0.15) is 0 Å². The van der Waals surface area contributed by atoms with Gasteiger partial charge in [-0.25, -0.2) is 0 Å². The third-order valence-corrected chi connectivity index (χ3v) is 6.60. The van der Waals surface area contributed by atoms with Gasteiger partial charge in [0.25, 0.3) is 5.56 Å². The number of aromatic nitrogens is 1. The van der Waals surface area contributed by atoms with Gasteiger partial charge in [0.2, 0.25) is 5.91 Å². The van der Waals surface area contributed by atoms with Gasteiger partial charge < -0.3 is 9.47 Å². The van der Waals surface area contributed by atoms with E-state index in [0.29, 0.717) is 24.9 Å². The Morgan fingerprint density at radius 2 is 1.97 bits per heavy atom. The summed E-state index contributed by atoms with van der Waals surface area (Å²) in [4.78, 5) is 40.9. The lowest BCUT2D eigenvalue weighted by molar-refractivity contribution is -0.116. The SMILES string of the molecule is CC(=O)N1CCc2cc(C(=O)CN3C[C@@H]4C[C@H](C3)c3cccc(=O)n3C4)ccc21. The molecule has 3 aliphatic rings. The number of ketones is 1. The molecule has 0 saturated carbocycles. The van der Waals surface area contributed by atoms with Crippen LogP contribution in [0, 0.1) is 5.92 Å². The summed E-state index contributed by atoms with van der Waals surface area (Å²) >= 11 is 0. The van der Waals surface area contributed by atoms with Crippen LogP contribution in [0.3, 0.4) is 0 Å². The summed E-state index contributed by atoms with van der Waals surface area (Å²) < 4.78 is 1.92. The second kappa shape index (κ2) is 6.95. The number of carbonyl (C=O) groups excluding carboxylic acids is 2. The fourth-order valence-electron chi connectivity index (χ4n) is 5.32. The maximum absolute atomic E-state index is 13.0. The first kappa shape index (κ1) is 18.3. The van der Waals surface area contributed by atoms with Gasteiger partial charge in [-0.05, 0) is 48.6 Å². The number of Topliss-reactive ketones (excluding diaryl/α,β-unsaturated/α-hetero) is 1. The molecule has 0 unspecified atom stereocenters. The molecule has 3 aliphatic heterocycles. The van der Waals surface area contributed by atoms with Crippen LogP contribution in [0.4, 0.5) is 5.69 Å². The molecule has 5 rings (SSSR count). The monoisotopic (exact) mass is 391 g/mol. The molecule has 1 fully saturated rings. The number of piperidine rings is 1. The number of pyridine rings is 1. The van der Waals surface area contributed by atoms with Crippen LogP contribution in [0.25, 0.3) is 0 Å². The first-order chi connectivity index (χ1) is 14.0. The van der Waals surface area contributed by atoms with E-state index in [2.05, 4.69) is 11.0 Å². The Kier molecular flexibility index (Phi) is 4.39. The fourth-order valence-corrected chi connectivity index (χ4v) is 5.32. The van der Waals surface area contributed by atoms with Crippen LogP contribution >= 0.6 is 0 Å². The summed E-state index contributed by atoms with van der Waals surface area (Å²) in [5, 5.41) is 0. The lowest BCUT2D eigenvalue weighted by Crippen LogP contribution is -2.48. The second-order valence-electron chi connectivity index (χ2n) is 8.58. The fraction of sp³-hybridized carbons (Fsp3) is 0.435. The van der Waals surface area contributed by atoms with Crippen LogP contribution in [0.1, 0.15) is 40.9 Å². The van der Waals surface area contributed by atoms with E-state index in [9.17, 15) is 14.4 Å². The van der Waals surface area contributed by atoms with Crippen molar-refractivity contribution in [2.45, 2.75) is 32.2 Å². The van der Waals surface area contributed by atoms with E-state index in [-0.39, 0.29) is 17.2 Å². The molecule has 1 amide bonds. The molecule has 1 saturated heterocycles. The second-order valence-corrected chi connectivity index (χ2v) is 8.58. The topological polar surface area (TPSA) is 62.6 Å². The number of nitrogens with zero attached hydrogens (tertiary/aromatic N) is 3. The van der Waals surface area contributed by atoms with E-state index in [1.54, 1.807) is 17.9 Å². The van der Waals surface area contributed by atoms with Crippen molar-refractivity contribution in [3.05, 3.63) is 63.6 Å². The van der Waals surface area contributed by atoms with E-state index < -0.39 is 0 Å². The van der Waals surface area contributed by atoms with E-state index in [0.717, 1.165) is 55.0 Å². The predicted molar refractivity (Wildman–Crippen MR) is 110 cm³/mol. The van der Waals surface area contributed by atoms with Crippen molar-refractivity contribution in [2.75, 3.05) is 31.1 Å². The number of hydrogen-bond acceptors (Lipinski definition) is 4. The van der Waals surface area contributed by atoms with Crippen molar-refractivity contribution < 1.29 is 9.59 Å². The normalized spacial score (nSPS) is 22.9. The zero-order valence-corrected chi connectivity index (χ0v) is 16.6. The maximum Gasteiger partial charge on any atom is 0.250 e. The lowest BCUT2D eigenvalue weighted by atomic mass is 9.83. The molecule has 0 aliphatic carbocycles. The van der Waals surface area contributed by atoms with Crippen molar-refractivity contribution in [3.8, 4) is 0 Å². The average molecular weight is 391 g/mol. The standard InChI is InChI=1S/C23H25N3O3/c1-15(27)25-8-7-17-10-18(5-6-21(17)25)22(28)14-24-11-16-9-19(13-24)20-3-2-4-23(29)26(20)12-16/h2-6,10,16,19H,7-9,11-14H2,1H3/t16-,19+/m0/s1. The number of anilines is 1.